The Hall–Kier alpha value is -3.29. The summed E-state index contributed by atoms with van der Waals surface area (Å²) in [4.78, 5) is 36.8. The Kier molecular flexibility index (Phi) is 8.66. The summed E-state index contributed by atoms with van der Waals surface area (Å²) in [5.41, 5.74) is 0.909. The lowest BCUT2D eigenvalue weighted by Gasteiger charge is -2.21. The van der Waals surface area contributed by atoms with Gasteiger partial charge in [-0.1, -0.05) is 50.2 Å². The zero-order valence-electron chi connectivity index (χ0n) is 17.7. The first-order chi connectivity index (χ1) is 14.7. The van der Waals surface area contributed by atoms with Crippen LogP contribution in [0.25, 0.3) is 0 Å². The lowest BCUT2D eigenvalue weighted by atomic mass is 10.0. The second-order valence-electron chi connectivity index (χ2n) is 7.51. The van der Waals surface area contributed by atoms with Gasteiger partial charge in [-0.3, -0.25) is 9.59 Å². The van der Waals surface area contributed by atoms with Gasteiger partial charge in [0.15, 0.2) is 6.61 Å². The molecule has 0 aromatic heterocycles. The number of esters is 1. The molecule has 2 rings (SSSR count). The Bertz CT molecular complexity index is 919. The largest absolute Gasteiger partial charge is 0.454 e. The summed E-state index contributed by atoms with van der Waals surface area (Å²) in [7, 11) is 0. The van der Waals surface area contributed by atoms with Crippen molar-refractivity contribution in [3.63, 3.8) is 0 Å². The van der Waals surface area contributed by atoms with Gasteiger partial charge < -0.3 is 15.4 Å². The van der Waals surface area contributed by atoms with Crippen LogP contribution < -0.4 is 10.6 Å². The molecule has 0 fully saturated rings. The SMILES string of the molecule is CC(C)[C@@H](NC(=O)Cc1ccccc1)C(=O)OCC(=O)N[C@@H](C)c1ccc(F)cc1F. The monoisotopic (exact) mass is 432 g/mol. The molecular weight excluding hydrogens is 406 g/mol. The Labute approximate surface area is 180 Å². The maximum Gasteiger partial charge on any atom is 0.329 e. The molecule has 8 heteroatoms. The highest BCUT2D eigenvalue weighted by atomic mass is 19.1. The molecule has 0 aliphatic heterocycles. The van der Waals surface area contributed by atoms with E-state index in [1.54, 1.807) is 26.0 Å². The van der Waals surface area contributed by atoms with Gasteiger partial charge in [0.1, 0.15) is 17.7 Å². The Morgan fingerprint density at radius 2 is 1.61 bits per heavy atom. The molecule has 2 aromatic carbocycles. The summed E-state index contributed by atoms with van der Waals surface area (Å²) in [5, 5.41) is 5.13. The predicted molar refractivity (Wildman–Crippen MR) is 111 cm³/mol. The van der Waals surface area contributed by atoms with Gasteiger partial charge in [-0.05, 0) is 24.5 Å². The van der Waals surface area contributed by atoms with E-state index in [4.69, 9.17) is 4.74 Å². The van der Waals surface area contributed by atoms with Crippen LogP contribution >= 0.6 is 0 Å². The van der Waals surface area contributed by atoms with Crippen molar-refractivity contribution in [2.45, 2.75) is 39.3 Å². The minimum Gasteiger partial charge on any atom is -0.454 e. The summed E-state index contributed by atoms with van der Waals surface area (Å²) in [6.45, 7) is 4.42. The van der Waals surface area contributed by atoms with Crippen LogP contribution in [0.5, 0.6) is 0 Å². The average Bonchev–Trinajstić information content (AvgIpc) is 2.70. The lowest BCUT2D eigenvalue weighted by molar-refractivity contribution is -0.153. The van der Waals surface area contributed by atoms with Gasteiger partial charge in [0.2, 0.25) is 5.91 Å². The van der Waals surface area contributed by atoms with Gasteiger partial charge in [-0.25, -0.2) is 13.6 Å². The van der Waals surface area contributed by atoms with E-state index in [-0.39, 0.29) is 23.8 Å². The fraction of sp³-hybridized carbons (Fsp3) is 0.348. The molecule has 0 saturated carbocycles. The molecule has 6 nitrogen and oxygen atoms in total. The van der Waals surface area contributed by atoms with Crippen molar-refractivity contribution >= 4 is 17.8 Å². The van der Waals surface area contributed by atoms with Gasteiger partial charge in [-0.2, -0.15) is 0 Å². The third-order valence-corrected chi connectivity index (χ3v) is 4.60. The van der Waals surface area contributed by atoms with Crippen molar-refractivity contribution in [3.05, 3.63) is 71.3 Å². The molecule has 166 valence electrons. The summed E-state index contributed by atoms with van der Waals surface area (Å²) < 4.78 is 31.9. The molecule has 2 aromatic rings. The van der Waals surface area contributed by atoms with E-state index in [2.05, 4.69) is 10.6 Å². The Morgan fingerprint density at radius 3 is 2.23 bits per heavy atom. The smallest absolute Gasteiger partial charge is 0.329 e. The molecule has 2 atom stereocenters. The van der Waals surface area contributed by atoms with E-state index in [1.165, 1.54) is 13.0 Å². The minimum atomic E-state index is -0.920. The number of ether oxygens (including phenoxy) is 1. The van der Waals surface area contributed by atoms with Crippen LogP contribution in [0, 0.1) is 17.6 Å². The van der Waals surface area contributed by atoms with Gasteiger partial charge in [-0.15, -0.1) is 0 Å². The number of nitrogens with one attached hydrogen (secondary N) is 2. The van der Waals surface area contributed by atoms with Crippen LogP contribution in [0.15, 0.2) is 48.5 Å². The molecule has 2 N–H and O–H groups in total. The zero-order chi connectivity index (χ0) is 23.0. The van der Waals surface area contributed by atoms with Gasteiger partial charge in [0.05, 0.1) is 12.5 Å². The number of halogens is 2. The van der Waals surface area contributed by atoms with E-state index >= 15 is 0 Å². The van der Waals surface area contributed by atoms with Crippen molar-refractivity contribution in [1.29, 1.82) is 0 Å². The van der Waals surface area contributed by atoms with Gasteiger partial charge in [0.25, 0.3) is 5.91 Å². The molecule has 0 aliphatic carbocycles. The maximum absolute atomic E-state index is 13.8. The second-order valence-corrected chi connectivity index (χ2v) is 7.51. The van der Waals surface area contributed by atoms with Crippen molar-refractivity contribution < 1.29 is 27.9 Å². The molecular formula is C23H26F2N2O4. The molecule has 0 saturated heterocycles. The van der Waals surface area contributed by atoms with E-state index < -0.39 is 42.2 Å². The first-order valence-electron chi connectivity index (χ1n) is 9.91. The summed E-state index contributed by atoms with van der Waals surface area (Å²) >= 11 is 0. The lowest BCUT2D eigenvalue weighted by Crippen LogP contribution is -2.46. The Morgan fingerprint density at radius 1 is 0.935 bits per heavy atom. The molecule has 2 amide bonds. The summed E-state index contributed by atoms with van der Waals surface area (Å²) in [5.74, 6) is -3.50. The third-order valence-electron chi connectivity index (χ3n) is 4.60. The molecule has 0 radical (unpaired) electrons. The van der Waals surface area contributed by atoms with Crippen molar-refractivity contribution in [3.8, 4) is 0 Å². The van der Waals surface area contributed by atoms with Crippen LogP contribution in [-0.4, -0.2) is 30.4 Å². The highest BCUT2D eigenvalue weighted by Crippen LogP contribution is 2.17. The number of amides is 2. The van der Waals surface area contributed by atoms with E-state index in [9.17, 15) is 23.2 Å². The highest BCUT2D eigenvalue weighted by Gasteiger charge is 2.26. The maximum atomic E-state index is 13.8. The molecule has 0 spiro atoms. The number of carbonyl (C=O) groups is 3. The van der Waals surface area contributed by atoms with Crippen LogP contribution in [-0.2, 0) is 25.5 Å². The van der Waals surface area contributed by atoms with Crippen LogP contribution in [0.4, 0.5) is 8.78 Å². The number of carbonyl (C=O) groups excluding carboxylic acids is 3. The second kappa shape index (κ2) is 11.2. The van der Waals surface area contributed by atoms with Gasteiger partial charge >= 0.3 is 5.97 Å². The van der Waals surface area contributed by atoms with E-state index in [0.29, 0.717) is 0 Å². The molecule has 0 bridgehead atoms. The molecule has 0 aliphatic rings. The first kappa shape index (κ1) is 24.0. The minimum absolute atomic E-state index is 0.106. The van der Waals surface area contributed by atoms with Crippen LogP contribution in [0.1, 0.15) is 37.9 Å². The molecule has 0 unspecified atom stereocenters. The van der Waals surface area contributed by atoms with Crippen LogP contribution in [0.3, 0.4) is 0 Å². The molecule has 0 heterocycles. The first-order valence-corrected chi connectivity index (χ1v) is 9.91. The fourth-order valence-corrected chi connectivity index (χ4v) is 2.94. The van der Waals surface area contributed by atoms with Crippen molar-refractivity contribution in [1.82, 2.24) is 10.6 Å². The number of benzene rings is 2. The quantitative estimate of drug-likeness (QED) is 0.597. The number of rotatable bonds is 9. The average molecular weight is 432 g/mol. The van der Waals surface area contributed by atoms with E-state index in [0.717, 1.165) is 17.7 Å². The topological polar surface area (TPSA) is 84.5 Å². The third kappa shape index (κ3) is 7.47. The zero-order valence-corrected chi connectivity index (χ0v) is 17.7. The standard InChI is InChI=1S/C23H26F2N2O4/c1-14(2)22(27-20(28)11-16-7-5-4-6-8-16)23(30)31-13-21(29)26-15(3)18-10-9-17(24)12-19(18)25/h4-10,12,14-15,22H,11,13H2,1-3H3,(H,26,29)(H,27,28)/t15-,22+/m0/s1. The van der Waals surface area contributed by atoms with Crippen molar-refractivity contribution in [2.24, 2.45) is 5.92 Å². The van der Waals surface area contributed by atoms with E-state index in [1.807, 2.05) is 18.2 Å². The fourth-order valence-electron chi connectivity index (χ4n) is 2.94. The number of hydrogen-bond acceptors (Lipinski definition) is 4. The van der Waals surface area contributed by atoms with Crippen LogP contribution in [0.2, 0.25) is 0 Å². The number of hydrogen-bond donors (Lipinski definition) is 2. The predicted octanol–water partition coefficient (Wildman–Crippen LogP) is 3.07. The van der Waals surface area contributed by atoms with Crippen molar-refractivity contribution in [2.75, 3.05) is 6.61 Å². The summed E-state index contributed by atoms with van der Waals surface area (Å²) in [6, 6.07) is 10.5. The van der Waals surface area contributed by atoms with Gasteiger partial charge in [0, 0.05) is 11.6 Å². The highest BCUT2D eigenvalue weighted by molar-refractivity contribution is 5.87. The Balaban J connectivity index is 1.87. The normalized spacial score (nSPS) is 12.7. The summed E-state index contributed by atoms with van der Waals surface area (Å²) in [6.07, 6.45) is 0.110. The molecule has 31 heavy (non-hydrogen) atoms.